The number of hydrogen-bond donors (Lipinski definition) is 2. The van der Waals surface area contributed by atoms with Crippen molar-refractivity contribution in [1.29, 1.82) is 0 Å². The number of piperidine rings is 1. The zero-order valence-corrected chi connectivity index (χ0v) is 17.6. The number of halogens is 1. The molecule has 0 saturated carbocycles. The third-order valence-electron chi connectivity index (χ3n) is 4.94. The van der Waals surface area contributed by atoms with Crippen LogP contribution in [0, 0.1) is 5.92 Å². The molecule has 7 nitrogen and oxygen atoms in total. The highest BCUT2D eigenvalue weighted by Gasteiger charge is 2.27. The van der Waals surface area contributed by atoms with Crippen molar-refractivity contribution in [3.05, 3.63) is 77.6 Å². The molecule has 0 spiro atoms. The molecular weight excluding hydrogens is 418 g/mol. The number of carbonyl (C=O) groups excluding carboxylic acids is 3. The second kappa shape index (κ2) is 11.8. The quantitative estimate of drug-likeness (QED) is 0.310. The normalized spacial score (nSPS) is 14.4. The molecule has 1 aliphatic heterocycles. The summed E-state index contributed by atoms with van der Waals surface area (Å²) in [5, 5.41) is 8.50. The summed E-state index contributed by atoms with van der Waals surface area (Å²) in [7, 11) is 0. The van der Waals surface area contributed by atoms with Crippen LogP contribution in [0.3, 0.4) is 0 Å². The predicted molar refractivity (Wildman–Crippen MR) is 120 cm³/mol. The lowest BCUT2D eigenvalue weighted by atomic mass is 9.89. The maximum Gasteiger partial charge on any atom is 0.267 e. The second-order valence-electron chi connectivity index (χ2n) is 6.96. The molecule has 1 saturated heterocycles. The molecule has 1 aromatic heterocycles. The Hall–Kier alpha value is -3.29. The van der Waals surface area contributed by atoms with Crippen molar-refractivity contribution in [2.24, 2.45) is 5.92 Å². The van der Waals surface area contributed by atoms with E-state index in [4.69, 9.17) is 5.21 Å². The van der Waals surface area contributed by atoms with Crippen molar-refractivity contribution in [3.63, 3.8) is 0 Å². The molecule has 3 rings (SSSR count). The Labute approximate surface area is 186 Å². The van der Waals surface area contributed by atoms with E-state index in [1.807, 2.05) is 30.3 Å². The van der Waals surface area contributed by atoms with E-state index in [9.17, 15) is 14.4 Å². The number of nitrogens with zero attached hydrogens (tertiary/aromatic N) is 2. The fourth-order valence-electron chi connectivity index (χ4n) is 3.32. The lowest BCUT2D eigenvalue weighted by molar-refractivity contribution is -0.127. The van der Waals surface area contributed by atoms with Gasteiger partial charge in [-0.25, -0.2) is 10.5 Å². The molecular formula is C23H24ClN3O4. The van der Waals surface area contributed by atoms with Crippen LogP contribution in [0.4, 0.5) is 0 Å². The maximum absolute atomic E-state index is 12.6. The second-order valence-corrected chi connectivity index (χ2v) is 6.96. The van der Waals surface area contributed by atoms with E-state index >= 15 is 0 Å². The van der Waals surface area contributed by atoms with Crippen LogP contribution in [-0.4, -0.2) is 45.8 Å². The number of benzene rings is 1. The number of carbonyl (C=O) groups is 3. The number of Topliss-reactive ketones (excluding diaryl/α,β-unsaturated/α-hetero) is 1. The van der Waals surface area contributed by atoms with Crippen molar-refractivity contribution in [3.8, 4) is 0 Å². The molecule has 1 aliphatic rings. The molecule has 0 unspecified atom stereocenters. The lowest BCUT2D eigenvalue weighted by Crippen LogP contribution is -2.39. The van der Waals surface area contributed by atoms with E-state index in [1.165, 1.54) is 17.6 Å². The lowest BCUT2D eigenvalue weighted by Gasteiger charge is -2.30. The van der Waals surface area contributed by atoms with Crippen molar-refractivity contribution >= 4 is 42.2 Å². The summed E-state index contributed by atoms with van der Waals surface area (Å²) < 4.78 is 0. The van der Waals surface area contributed by atoms with Gasteiger partial charge in [0.25, 0.3) is 5.91 Å². The van der Waals surface area contributed by atoms with Crippen LogP contribution in [0.5, 0.6) is 0 Å². The highest BCUT2D eigenvalue weighted by atomic mass is 35.5. The molecule has 8 heteroatoms. The van der Waals surface area contributed by atoms with Gasteiger partial charge >= 0.3 is 0 Å². The highest BCUT2D eigenvalue weighted by molar-refractivity contribution is 5.98. The molecule has 2 aromatic rings. The zero-order valence-electron chi connectivity index (χ0n) is 16.8. The molecule has 2 amide bonds. The largest absolute Gasteiger partial charge is 0.339 e. The van der Waals surface area contributed by atoms with Gasteiger partial charge in [-0.15, -0.1) is 12.4 Å². The van der Waals surface area contributed by atoms with Crippen LogP contribution < -0.4 is 5.48 Å². The Balaban J connectivity index is 0.00000341. The van der Waals surface area contributed by atoms with E-state index in [-0.39, 0.29) is 30.0 Å². The summed E-state index contributed by atoms with van der Waals surface area (Å²) in [5.74, 6) is -0.686. The van der Waals surface area contributed by atoms with Gasteiger partial charge in [-0.1, -0.05) is 36.4 Å². The molecule has 31 heavy (non-hydrogen) atoms. The first-order valence-electron chi connectivity index (χ1n) is 9.72. The van der Waals surface area contributed by atoms with Gasteiger partial charge in [-0.2, -0.15) is 0 Å². The van der Waals surface area contributed by atoms with Gasteiger partial charge in [0, 0.05) is 36.7 Å². The first kappa shape index (κ1) is 24.0. The van der Waals surface area contributed by atoms with E-state index in [2.05, 4.69) is 4.98 Å². The van der Waals surface area contributed by atoms with Gasteiger partial charge in [-0.3, -0.25) is 19.6 Å². The van der Waals surface area contributed by atoms with Crippen LogP contribution in [-0.2, 0) is 9.59 Å². The van der Waals surface area contributed by atoms with Gasteiger partial charge in [-0.05, 0) is 37.1 Å². The van der Waals surface area contributed by atoms with Crippen LogP contribution in [0.1, 0.15) is 34.6 Å². The van der Waals surface area contributed by atoms with E-state index < -0.39 is 5.91 Å². The van der Waals surface area contributed by atoms with Crippen LogP contribution in [0.25, 0.3) is 12.2 Å². The Morgan fingerprint density at radius 3 is 2.16 bits per heavy atom. The Morgan fingerprint density at radius 1 is 0.935 bits per heavy atom. The zero-order chi connectivity index (χ0) is 21.3. The molecule has 2 heterocycles. The number of hydroxylamine groups is 1. The van der Waals surface area contributed by atoms with Gasteiger partial charge in [0.1, 0.15) is 0 Å². The highest BCUT2D eigenvalue weighted by Crippen LogP contribution is 2.22. The standard InChI is InChI=1S/C23H23N3O4.ClH/c27-21(25-30)11-9-19-7-4-8-20(24-19)10-12-22(28)26-15-13-18(14-16-26)23(29)17-5-2-1-3-6-17;/h1-12,18,30H,13-16H2,(H,25,27);1H/b11-9+,12-10+;. The number of rotatable bonds is 6. The van der Waals surface area contributed by atoms with Crippen molar-refractivity contribution in [2.75, 3.05) is 13.1 Å². The monoisotopic (exact) mass is 441 g/mol. The number of likely N-dealkylation sites (tertiary alicyclic amines) is 1. The van der Waals surface area contributed by atoms with Crippen molar-refractivity contribution < 1.29 is 19.6 Å². The maximum atomic E-state index is 12.6. The minimum Gasteiger partial charge on any atom is -0.339 e. The molecule has 0 bridgehead atoms. The summed E-state index contributed by atoms with van der Waals surface area (Å²) in [6.45, 7) is 1.08. The molecule has 0 aliphatic carbocycles. The Morgan fingerprint density at radius 2 is 1.55 bits per heavy atom. The SMILES string of the molecule is Cl.O=C(/C=C/c1cccc(/C=C/C(=O)N2CCC(C(=O)c3ccccc3)CC2)n1)NO. The van der Waals surface area contributed by atoms with Gasteiger partial charge in [0.05, 0.1) is 11.4 Å². The molecule has 1 aromatic carbocycles. The fourth-order valence-corrected chi connectivity index (χ4v) is 3.32. The van der Waals surface area contributed by atoms with Gasteiger partial charge < -0.3 is 4.90 Å². The van der Waals surface area contributed by atoms with E-state index in [0.717, 1.165) is 11.6 Å². The van der Waals surface area contributed by atoms with E-state index in [1.54, 1.807) is 29.2 Å². The fraction of sp³-hybridized carbons (Fsp3) is 0.217. The van der Waals surface area contributed by atoms with E-state index in [0.29, 0.717) is 37.3 Å². The average molecular weight is 442 g/mol. The molecule has 0 atom stereocenters. The number of pyridine rings is 1. The van der Waals surface area contributed by atoms with Gasteiger partial charge in [0.15, 0.2) is 5.78 Å². The topological polar surface area (TPSA) is 99.6 Å². The van der Waals surface area contributed by atoms with Crippen LogP contribution in [0.2, 0.25) is 0 Å². The third kappa shape index (κ3) is 6.87. The summed E-state index contributed by atoms with van der Waals surface area (Å²) >= 11 is 0. The van der Waals surface area contributed by atoms with Crippen molar-refractivity contribution in [1.82, 2.24) is 15.4 Å². The average Bonchev–Trinajstić information content (AvgIpc) is 2.81. The summed E-state index contributed by atoms with van der Waals surface area (Å²) in [5.41, 5.74) is 3.32. The summed E-state index contributed by atoms with van der Waals surface area (Å²) in [6, 6.07) is 14.5. The molecule has 1 fully saturated rings. The number of aromatic nitrogens is 1. The van der Waals surface area contributed by atoms with Crippen LogP contribution >= 0.6 is 12.4 Å². The predicted octanol–water partition coefficient (Wildman–Crippen LogP) is 3.16. The number of nitrogens with one attached hydrogen (secondary N) is 1. The number of hydrogen-bond acceptors (Lipinski definition) is 5. The first-order chi connectivity index (χ1) is 14.6. The summed E-state index contributed by atoms with van der Waals surface area (Å²) in [6.07, 6.45) is 7.00. The first-order valence-corrected chi connectivity index (χ1v) is 9.72. The third-order valence-corrected chi connectivity index (χ3v) is 4.94. The smallest absolute Gasteiger partial charge is 0.267 e. The Kier molecular flexibility index (Phi) is 9.12. The molecule has 162 valence electrons. The number of amides is 2. The Bertz CT molecular complexity index is 968. The minimum atomic E-state index is -0.651. The number of ketones is 1. The van der Waals surface area contributed by atoms with Gasteiger partial charge in [0.2, 0.25) is 5.91 Å². The minimum absolute atomic E-state index is 0. The molecule has 2 N–H and O–H groups in total. The van der Waals surface area contributed by atoms with Crippen molar-refractivity contribution in [2.45, 2.75) is 12.8 Å². The summed E-state index contributed by atoms with van der Waals surface area (Å²) in [4.78, 5) is 42.1. The molecule has 0 radical (unpaired) electrons. The van der Waals surface area contributed by atoms with Crippen LogP contribution in [0.15, 0.2) is 60.7 Å².